The third-order valence-electron chi connectivity index (χ3n) is 3.91. The van der Waals surface area contributed by atoms with Crippen molar-refractivity contribution in [2.75, 3.05) is 37.7 Å². The van der Waals surface area contributed by atoms with Crippen LogP contribution in [0.3, 0.4) is 0 Å². The van der Waals surface area contributed by atoms with Gasteiger partial charge < -0.3 is 14.5 Å². The fraction of sp³-hybridized carbons (Fsp3) is 0.588. The molecule has 0 N–H and O–H groups in total. The first kappa shape index (κ1) is 17.1. The molecule has 1 aliphatic rings. The van der Waals surface area contributed by atoms with E-state index in [-0.39, 0.29) is 12.0 Å². The van der Waals surface area contributed by atoms with Gasteiger partial charge in [-0.15, -0.1) is 0 Å². The maximum absolute atomic E-state index is 12.2. The van der Waals surface area contributed by atoms with E-state index >= 15 is 0 Å². The largest absolute Gasteiger partial charge is 0.378 e. The van der Waals surface area contributed by atoms with Crippen molar-refractivity contribution in [2.24, 2.45) is 0 Å². The molecule has 1 aromatic carbocycles. The molecule has 1 saturated heterocycles. The number of hydrogen-bond donors (Lipinski definition) is 0. The number of aryl methyl sites for hydroxylation is 1. The first-order valence-electron chi connectivity index (χ1n) is 7.88. The van der Waals surface area contributed by atoms with Gasteiger partial charge in [0.15, 0.2) is 0 Å². The zero-order valence-electron chi connectivity index (χ0n) is 13.6. The number of ether oxygens (including phenoxy) is 1. The SMILES string of the molecule is Cc1ccc(Cl)cc1N1CCN(C(=O)CCOC(C)C)CC1. The number of carbonyl (C=O) groups is 1. The van der Waals surface area contributed by atoms with Gasteiger partial charge in [0.1, 0.15) is 0 Å². The van der Waals surface area contributed by atoms with Gasteiger partial charge in [-0.1, -0.05) is 17.7 Å². The van der Waals surface area contributed by atoms with Crippen LogP contribution in [0.2, 0.25) is 5.02 Å². The Labute approximate surface area is 138 Å². The zero-order valence-corrected chi connectivity index (χ0v) is 14.4. The third kappa shape index (κ3) is 4.62. The Balaban J connectivity index is 1.85. The summed E-state index contributed by atoms with van der Waals surface area (Å²) in [5.41, 5.74) is 2.39. The minimum atomic E-state index is 0.176. The molecule has 1 fully saturated rings. The Morgan fingerprint density at radius 1 is 1.27 bits per heavy atom. The normalized spacial score (nSPS) is 15.5. The fourth-order valence-corrected chi connectivity index (χ4v) is 2.83. The molecule has 2 rings (SSSR count). The highest BCUT2D eigenvalue weighted by atomic mass is 35.5. The van der Waals surface area contributed by atoms with Crippen LogP contribution in [0.4, 0.5) is 5.69 Å². The second-order valence-electron chi connectivity index (χ2n) is 5.97. The van der Waals surface area contributed by atoms with Crippen LogP contribution in [0, 0.1) is 6.92 Å². The van der Waals surface area contributed by atoms with E-state index in [9.17, 15) is 4.79 Å². The average Bonchev–Trinajstić information content (AvgIpc) is 2.49. The van der Waals surface area contributed by atoms with Gasteiger partial charge >= 0.3 is 0 Å². The molecule has 0 saturated carbocycles. The summed E-state index contributed by atoms with van der Waals surface area (Å²) in [6.45, 7) is 9.76. The summed E-state index contributed by atoms with van der Waals surface area (Å²) >= 11 is 6.09. The predicted octanol–water partition coefficient (Wildman–Crippen LogP) is 3.11. The number of rotatable bonds is 5. The zero-order chi connectivity index (χ0) is 16.1. The van der Waals surface area contributed by atoms with E-state index in [1.54, 1.807) is 0 Å². The summed E-state index contributed by atoms with van der Waals surface area (Å²) in [5.74, 6) is 0.183. The van der Waals surface area contributed by atoms with E-state index in [0.29, 0.717) is 13.0 Å². The van der Waals surface area contributed by atoms with E-state index in [4.69, 9.17) is 16.3 Å². The first-order chi connectivity index (χ1) is 10.5. The van der Waals surface area contributed by atoms with Crippen LogP contribution < -0.4 is 4.90 Å². The van der Waals surface area contributed by atoms with E-state index in [0.717, 1.165) is 31.2 Å². The molecule has 122 valence electrons. The first-order valence-corrected chi connectivity index (χ1v) is 8.25. The van der Waals surface area contributed by atoms with Crippen LogP contribution in [-0.4, -0.2) is 49.7 Å². The maximum Gasteiger partial charge on any atom is 0.225 e. The monoisotopic (exact) mass is 324 g/mol. The number of anilines is 1. The molecule has 0 spiro atoms. The van der Waals surface area contributed by atoms with Crippen molar-refractivity contribution in [3.8, 4) is 0 Å². The second-order valence-corrected chi connectivity index (χ2v) is 6.40. The minimum Gasteiger partial charge on any atom is -0.378 e. The fourth-order valence-electron chi connectivity index (χ4n) is 2.66. The van der Waals surface area contributed by atoms with Crippen LogP contribution in [0.5, 0.6) is 0 Å². The Bertz CT molecular complexity index is 511. The van der Waals surface area contributed by atoms with Crippen molar-refractivity contribution in [3.05, 3.63) is 28.8 Å². The summed E-state index contributed by atoms with van der Waals surface area (Å²) < 4.78 is 5.45. The molecular formula is C17H25ClN2O2. The Kier molecular flexibility index (Phi) is 6.09. The molecule has 0 aliphatic carbocycles. The summed E-state index contributed by atoms with van der Waals surface area (Å²) in [6, 6.07) is 5.96. The molecule has 1 amide bonds. The highest BCUT2D eigenvalue weighted by Crippen LogP contribution is 2.25. The van der Waals surface area contributed by atoms with Gasteiger partial charge in [0.05, 0.1) is 19.1 Å². The molecule has 0 unspecified atom stereocenters. The number of carbonyl (C=O) groups excluding carboxylic acids is 1. The van der Waals surface area contributed by atoms with Crippen molar-refractivity contribution in [3.63, 3.8) is 0 Å². The van der Waals surface area contributed by atoms with Crippen LogP contribution in [0.1, 0.15) is 25.8 Å². The van der Waals surface area contributed by atoms with Gasteiger partial charge in [0, 0.05) is 36.9 Å². The summed E-state index contributed by atoms with van der Waals surface area (Å²) in [7, 11) is 0. The molecule has 0 atom stereocenters. The van der Waals surface area contributed by atoms with Crippen LogP contribution >= 0.6 is 11.6 Å². The number of halogens is 1. The highest BCUT2D eigenvalue weighted by molar-refractivity contribution is 6.30. The van der Waals surface area contributed by atoms with E-state index < -0.39 is 0 Å². The lowest BCUT2D eigenvalue weighted by Gasteiger charge is -2.37. The van der Waals surface area contributed by atoms with Crippen molar-refractivity contribution < 1.29 is 9.53 Å². The quantitative estimate of drug-likeness (QED) is 0.834. The summed E-state index contributed by atoms with van der Waals surface area (Å²) in [6.07, 6.45) is 0.643. The van der Waals surface area contributed by atoms with Gasteiger partial charge in [-0.2, -0.15) is 0 Å². The maximum atomic E-state index is 12.2. The Morgan fingerprint density at radius 2 is 1.95 bits per heavy atom. The van der Waals surface area contributed by atoms with Crippen molar-refractivity contribution in [1.29, 1.82) is 0 Å². The summed E-state index contributed by atoms with van der Waals surface area (Å²) in [5, 5.41) is 0.755. The Hall–Kier alpha value is -1.26. The third-order valence-corrected chi connectivity index (χ3v) is 4.15. The Morgan fingerprint density at radius 3 is 2.59 bits per heavy atom. The van der Waals surface area contributed by atoms with Gasteiger partial charge in [-0.05, 0) is 38.5 Å². The lowest BCUT2D eigenvalue weighted by Crippen LogP contribution is -2.49. The molecule has 0 radical (unpaired) electrons. The lowest BCUT2D eigenvalue weighted by molar-refractivity contribution is -0.132. The van der Waals surface area contributed by atoms with Gasteiger partial charge in [-0.3, -0.25) is 4.79 Å². The number of benzene rings is 1. The van der Waals surface area contributed by atoms with Crippen molar-refractivity contribution in [1.82, 2.24) is 4.90 Å². The summed E-state index contributed by atoms with van der Waals surface area (Å²) in [4.78, 5) is 16.4. The molecule has 5 heteroatoms. The van der Waals surface area contributed by atoms with Crippen LogP contribution in [-0.2, 0) is 9.53 Å². The molecule has 22 heavy (non-hydrogen) atoms. The van der Waals surface area contributed by atoms with Crippen LogP contribution in [0.15, 0.2) is 18.2 Å². The number of nitrogens with zero attached hydrogens (tertiary/aromatic N) is 2. The van der Waals surface area contributed by atoms with Crippen LogP contribution in [0.25, 0.3) is 0 Å². The molecule has 1 heterocycles. The molecule has 0 bridgehead atoms. The van der Waals surface area contributed by atoms with Gasteiger partial charge in [0.25, 0.3) is 0 Å². The standard InChI is InChI=1S/C17H25ClN2O2/c1-13(2)22-11-6-17(21)20-9-7-19(8-10-20)16-12-15(18)5-4-14(16)3/h4-5,12-13H,6-11H2,1-3H3. The molecule has 1 aliphatic heterocycles. The van der Waals surface area contributed by atoms with Gasteiger partial charge in [-0.25, -0.2) is 0 Å². The number of amides is 1. The average molecular weight is 325 g/mol. The molecule has 1 aromatic rings. The lowest BCUT2D eigenvalue weighted by atomic mass is 10.1. The van der Waals surface area contributed by atoms with E-state index in [1.807, 2.05) is 36.9 Å². The minimum absolute atomic E-state index is 0.176. The van der Waals surface area contributed by atoms with E-state index in [2.05, 4.69) is 11.8 Å². The topological polar surface area (TPSA) is 32.8 Å². The van der Waals surface area contributed by atoms with E-state index in [1.165, 1.54) is 11.3 Å². The predicted molar refractivity (Wildman–Crippen MR) is 90.7 cm³/mol. The van der Waals surface area contributed by atoms with Crippen molar-refractivity contribution >= 4 is 23.2 Å². The highest BCUT2D eigenvalue weighted by Gasteiger charge is 2.22. The second kappa shape index (κ2) is 7.84. The molecule has 4 nitrogen and oxygen atoms in total. The molecular weight excluding hydrogens is 300 g/mol. The van der Waals surface area contributed by atoms with Gasteiger partial charge in [0.2, 0.25) is 5.91 Å². The number of piperazine rings is 1. The molecule has 0 aromatic heterocycles. The van der Waals surface area contributed by atoms with Crippen molar-refractivity contribution in [2.45, 2.75) is 33.3 Å². The smallest absolute Gasteiger partial charge is 0.225 e. The number of hydrogen-bond acceptors (Lipinski definition) is 3.